The van der Waals surface area contributed by atoms with Crippen molar-refractivity contribution in [2.45, 2.75) is 51.4 Å². The number of piperidine rings is 1. The van der Waals surface area contributed by atoms with Crippen molar-refractivity contribution < 1.29 is 14.0 Å². The van der Waals surface area contributed by atoms with Crippen molar-refractivity contribution in [2.24, 2.45) is 5.92 Å². The van der Waals surface area contributed by atoms with E-state index in [-0.39, 0.29) is 29.7 Å². The Labute approximate surface area is 232 Å². The van der Waals surface area contributed by atoms with Crippen LogP contribution < -0.4 is 21.3 Å². The second-order valence-electron chi connectivity index (χ2n) is 10.6. The van der Waals surface area contributed by atoms with E-state index in [1.807, 2.05) is 24.3 Å². The summed E-state index contributed by atoms with van der Waals surface area (Å²) in [5.41, 5.74) is 3.24. The predicted octanol–water partition coefficient (Wildman–Crippen LogP) is 2.94. The number of anilines is 3. The Kier molecular flexibility index (Phi) is 8.24. The number of hydrogen-bond donors (Lipinski definition) is 4. The van der Waals surface area contributed by atoms with Gasteiger partial charge in [-0.3, -0.25) is 9.59 Å². The Bertz CT molecular complexity index is 1390. The van der Waals surface area contributed by atoms with Gasteiger partial charge in [0, 0.05) is 37.4 Å². The van der Waals surface area contributed by atoms with Gasteiger partial charge in [-0.2, -0.15) is 19.6 Å². The maximum Gasteiger partial charge on any atom is 0.245 e. The first kappa shape index (κ1) is 27.5. The van der Waals surface area contributed by atoms with Crippen LogP contribution in [0.5, 0.6) is 0 Å². The summed E-state index contributed by atoms with van der Waals surface area (Å²) in [5, 5.41) is 17.1. The summed E-state index contributed by atoms with van der Waals surface area (Å²) in [6, 6.07) is 7.19. The van der Waals surface area contributed by atoms with Gasteiger partial charge in [0.1, 0.15) is 6.17 Å². The molecule has 0 bridgehead atoms. The molecule has 2 saturated heterocycles. The van der Waals surface area contributed by atoms with E-state index in [4.69, 9.17) is 0 Å². The van der Waals surface area contributed by atoms with Gasteiger partial charge in [0.2, 0.25) is 23.7 Å². The summed E-state index contributed by atoms with van der Waals surface area (Å²) in [5.74, 6) is 0.510. The molecule has 3 aromatic rings. The van der Waals surface area contributed by atoms with Crippen LogP contribution in [0.25, 0.3) is 5.65 Å². The van der Waals surface area contributed by atoms with Crippen molar-refractivity contribution in [1.29, 1.82) is 0 Å². The highest BCUT2D eigenvalue weighted by atomic mass is 19.1. The molecule has 0 saturated carbocycles. The minimum atomic E-state index is -1.04. The summed E-state index contributed by atoms with van der Waals surface area (Å²) in [7, 11) is 0. The number of likely N-dealkylation sites (tertiary alicyclic amines) is 1. The first-order valence-corrected chi connectivity index (χ1v) is 13.7. The van der Waals surface area contributed by atoms with E-state index >= 15 is 0 Å². The molecule has 4 heterocycles. The Hall–Kier alpha value is -4.06. The zero-order chi connectivity index (χ0) is 28.2. The number of benzene rings is 1. The largest absolute Gasteiger partial charge is 0.350 e. The quantitative estimate of drug-likeness (QED) is 0.300. The van der Waals surface area contributed by atoms with Gasteiger partial charge in [-0.05, 0) is 49.1 Å². The molecule has 0 radical (unpaired) electrons. The molecule has 212 valence electrons. The minimum Gasteiger partial charge on any atom is -0.350 e. The van der Waals surface area contributed by atoms with Crippen LogP contribution in [0.1, 0.15) is 43.7 Å². The number of nitrogens with zero attached hydrogens (tertiary/aromatic N) is 5. The van der Waals surface area contributed by atoms with Gasteiger partial charge in [-0.25, -0.2) is 4.39 Å². The lowest BCUT2D eigenvalue weighted by molar-refractivity contribution is -0.125. The van der Waals surface area contributed by atoms with E-state index in [1.54, 1.807) is 15.6 Å². The Balaban J connectivity index is 1.30. The van der Waals surface area contributed by atoms with Gasteiger partial charge in [-0.15, -0.1) is 0 Å². The first-order chi connectivity index (χ1) is 19.3. The molecule has 1 aromatic carbocycles. The zero-order valence-corrected chi connectivity index (χ0v) is 22.9. The molecule has 3 atom stereocenters. The highest BCUT2D eigenvalue weighted by molar-refractivity contribution is 5.94. The fourth-order valence-electron chi connectivity index (χ4n) is 5.12. The molecule has 1 unspecified atom stereocenters. The van der Waals surface area contributed by atoms with Gasteiger partial charge < -0.3 is 26.2 Å². The monoisotopic (exact) mass is 549 g/mol. The number of rotatable bonds is 9. The second-order valence-corrected chi connectivity index (χ2v) is 10.6. The lowest BCUT2D eigenvalue weighted by atomic mass is 10.1. The molecular weight excluding hydrogens is 513 g/mol. The molecule has 11 nitrogen and oxygen atoms in total. The summed E-state index contributed by atoms with van der Waals surface area (Å²) in [4.78, 5) is 35.7. The lowest BCUT2D eigenvalue weighted by Gasteiger charge is -2.27. The van der Waals surface area contributed by atoms with Crippen molar-refractivity contribution >= 4 is 35.0 Å². The summed E-state index contributed by atoms with van der Waals surface area (Å²) < 4.78 is 16.2. The predicted molar refractivity (Wildman–Crippen MR) is 152 cm³/mol. The maximum atomic E-state index is 14.5. The normalized spacial score (nSPS) is 21.0. The number of amides is 2. The molecule has 2 aromatic heterocycles. The number of fused-ring (bicyclic) bond motifs is 1. The van der Waals surface area contributed by atoms with Crippen LogP contribution in [0.3, 0.4) is 0 Å². The Morgan fingerprint density at radius 1 is 1.27 bits per heavy atom. The van der Waals surface area contributed by atoms with Crippen LogP contribution in [-0.4, -0.2) is 74.7 Å². The van der Waals surface area contributed by atoms with Gasteiger partial charge >= 0.3 is 0 Å². The maximum absolute atomic E-state index is 14.5. The summed E-state index contributed by atoms with van der Waals surface area (Å²) >= 11 is 0. The highest BCUT2D eigenvalue weighted by Gasteiger charge is 2.30. The number of carbonyl (C=O) groups excluding carboxylic acids is 2. The highest BCUT2D eigenvalue weighted by Crippen LogP contribution is 2.24. The van der Waals surface area contributed by atoms with Crippen LogP contribution >= 0.6 is 0 Å². The summed E-state index contributed by atoms with van der Waals surface area (Å²) in [6.07, 6.45) is 3.29. The van der Waals surface area contributed by atoms with Crippen LogP contribution in [0, 0.1) is 5.92 Å². The van der Waals surface area contributed by atoms with Crippen LogP contribution in [-0.2, 0) is 16.1 Å². The number of carbonyl (C=O) groups is 2. The van der Waals surface area contributed by atoms with Gasteiger partial charge in [0.25, 0.3) is 0 Å². The molecule has 2 amide bonds. The van der Waals surface area contributed by atoms with E-state index < -0.39 is 6.17 Å². The third-order valence-electron chi connectivity index (χ3n) is 7.43. The average molecular weight is 550 g/mol. The van der Waals surface area contributed by atoms with Gasteiger partial charge in [-0.1, -0.05) is 32.6 Å². The average Bonchev–Trinajstić information content (AvgIpc) is 3.61. The molecule has 2 aliphatic heterocycles. The molecule has 2 aliphatic rings. The Morgan fingerprint density at radius 2 is 2.12 bits per heavy atom. The van der Waals surface area contributed by atoms with Crippen molar-refractivity contribution in [3.8, 4) is 0 Å². The number of hydrogen-bond acceptors (Lipinski definition) is 8. The third kappa shape index (κ3) is 6.06. The summed E-state index contributed by atoms with van der Waals surface area (Å²) in [6.45, 7) is 10.0. The Morgan fingerprint density at radius 3 is 2.90 bits per heavy atom. The fraction of sp³-hybridized carbons (Fsp3) is 0.464. The van der Waals surface area contributed by atoms with Gasteiger partial charge in [0.05, 0.1) is 18.2 Å². The smallest absolute Gasteiger partial charge is 0.245 e. The van der Waals surface area contributed by atoms with E-state index in [0.717, 1.165) is 17.7 Å². The fourth-order valence-corrected chi connectivity index (χ4v) is 5.12. The van der Waals surface area contributed by atoms with Crippen molar-refractivity contribution in [2.75, 3.05) is 42.1 Å². The SMILES string of the molecule is C=CC(=O)N1CCC(C(=O)Nc2cccc(CNc3nc(N[C@@H]4CCNC[C@H]4F)nc4c(C(C)C)cnn34)c2)C1. The minimum absolute atomic E-state index is 0.112. The van der Waals surface area contributed by atoms with E-state index in [9.17, 15) is 14.0 Å². The number of aromatic nitrogens is 4. The molecule has 4 N–H and O–H groups in total. The molecule has 5 rings (SSSR count). The van der Waals surface area contributed by atoms with E-state index in [0.29, 0.717) is 62.3 Å². The second kappa shape index (κ2) is 12.0. The van der Waals surface area contributed by atoms with E-state index in [1.165, 1.54) is 6.08 Å². The van der Waals surface area contributed by atoms with Crippen LogP contribution in [0.15, 0.2) is 43.1 Å². The van der Waals surface area contributed by atoms with Crippen LogP contribution in [0.4, 0.5) is 22.0 Å². The van der Waals surface area contributed by atoms with Crippen molar-refractivity contribution in [3.05, 3.63) is 54.2 Å². The molecule has 40 heavy (non-hydrogen) atoms. The topological polar surface area (TPSA) is 129 Å². The molecule has 0 aliphatic carbocycles. The molecule has 0 spiro atoms. The zero-order valence-electron chi connectivity index (χ0n) is 22.9. The molecule has 12 heteroatoms. The number of alkyl halides is 1. The van der Waals surface area contributed by atoms with Crippen molar-refractivity contribution in [1.82, 2.24) is 29.8 Å². The molecular formula is C28H36FN9O2. The van der Waals surface area contributed by atoms with E-state index in [2.05, 4.69) is 56.8 Å². The molecule has 2 fully saturated rings. The van der Waals surface area contributed by atoms with Crippen molar-refractivity contribution in [3.63, 3.8) is 0 Å². The number of nitrogens with one attached hydrogen (secondary N) is 4. The third-order valence-corrected chi connectivity index (χ3v) is 7.43. The van der Waals surface area contributed by atoms with Crippen LogP contribution in [0.2, 0.25) is 0 Å². The standard InChI is InChI=1S/C28H36FN9O2/c1-4-24(39)37-11-9-19(16-37)26(40)33-20-7-5-6-18(12-20)13-31-28-36-27(34-23-8-10-30-15-22(23)29)35-25-21(17(2)3)14-32-38(25)28/h4-7,12,14,17,19,22-23,30H,1,8-11,13,15-16H2,2-3H3,(H,33,40)(H2,31,34,35,36)/t19?,22-,23-/m1/s1. The lowest BCUT2D eigenvalue weighted by Crippen LogP contribution is -2.45. The first-order valence-electron chi connectivity index (χ1n) is 13.7. The van der Waals surface area contributed by atoms with Gasteiger partial charge in [0.15, 0.2) is 5.65 Å². The number of halogens is 1.